The van der Waals surface area contributed by atoms with Gasteiger partial charge in [0.15, 0.2) is 0 Å². The number of hydrogen-bond acceptors (Lipinski definition) is 5. The number of hydrogen-bond donors (Lipinski definition) is 0. The Balaban J connectivity index is 2.41. The van der Waals surface area contributed by atoms with E-state index in [1.165, 1.54) is 0 Å². The molecule has 2 heterocycles. The fourth-order valence-corrected chi connectivity index (χ4v) is 3.98. The molecular formula is C20H29BrClN3O4. The zero-order valence-electron chi connectivity index (χ0n) is 18.0. The Morgan fingerprint density at radius 3 is 2.00 bits per heavy atom. The van der Waals surface area contributed by atoms with Crippen LogP contribution in [-0.2, 0) is 9.47 Å². The Hall–Kier alpha value is -1.54. The van der Waals surface area contributed by atoms with Crippen molar-refractivity contribution < 1.29 is 19.1 Å². The lowest BCUT2D eigenvalue weighted by molar-refractivity contribution is -0.0313. The second kappa shape index (κ2) is 8.68. The first-order valence-electron chi connectivity index (χ1n) is 9.50. The summed E-state index contributed by atoms with van der Waals surface area (Å²) in [6.07, 6.45) is -0.861. The maximum absolute atomic E-state index is 12.9. The fraction of sp³-hybridized carbons (Fsp3) is 0.650. The fourth-order valence-electron chi connectivity index (χ4n) is 3.21. The number of nitrogens with zero attached hydrogens (tertiary/aromatic N) is 3. The quantitative estimate of drug-likeness (QED) is 0.492. The molecule has 0 spiro atoms. The van der Waals surface area contributed by atoms with Gasteiger partial charge in [0.05, 0.1) is 12.1 Å². The number of aromatic nitrogens is 1. The minimum Gasteiger partial charge on any atom is -0.444 e. The van der Waals surface area contributed by atoms with E-state index in [4.69, 9.17) is 21.1 Å². The first-order valence-corrected chi connectivity index (χ1v) is 10.7. The summed E-state index contributed by atoms with van der Waals surface area (Å²) in [6, 6.07) is 2.66. The smallest absolute Gasteiger partial charge is 0.410 e. The number of halogens is 2. The normalized spacial score (nSPS) is 20.4. The summed E-state index contributed by atoms with van der Waals surface area (Å²) in [5, 5.41) is 0.292. The van der Waals surface area contributed by atoms with E-state index in [0.29, 0.717) is 22.8 Å². The largest absolute Gasteiger partial charge is 0.444 e. The minimum atomic E-state index is -0.635. The van der Waals surface area contributed by atoms with Gasteiger partial charge in [-0.1, -0.05) is 11.6 Å². The Bertz CT molecular complexity index is 756. The van der Waals surface area contributed by atoms with Crippen LogP contribution in [0.3, 0.4) is 0 Å². The summed E-state index contributed by atoms with van der Waals surface area (Å²) in [5.41, 5.74) is -0.496. The molecule has 1 fully saturated rings. The number of carbonyl (C=O) groups excluding carboxylic acids is 2. The van der Waals surface area contributed by atoms with Crippen LogP contribution in [-0.4, -0.2) is 57.3 Å². The van der Waals surface area contributed by atoms with Gasteiger partial charge in [0.1, 0.15) is 21.0 Å². The highest BCUT2D eigenvalue weighted by Gasteiger charge is 2.42. The van der Waals surface area contributed by atoms with Crippen LogP contribution in [0.4, 0.5) is 9.59 Å². The van der Waals surface area contributed by atoms with Crippen molar-refractivity contribution in [3.05, 3.63) is 27.5 Å². The SMILES string of the molecule is C[C@@H]1[C@@H](c2cc(Cl)nc(Br)c2)N(C(=O)OC(C)(C)C)CCN1C(=O)OC(C)(C)C. The third-order valence-corrected chi connectivity index (χ3v) is 4.85. The zero-order chi connectivity index (χ0) is 22.1. The summed E-state index contributed by atoms with van der Waals surface area (Å²) in [5.74, 6) is 0. The van der Waals surface area contributed by atoms with Crippen molar-refractivity contribution in [1.82, 2.24) is 14.8 Å². The number of piperazine rings is 1. The van der Waals surface area contributed by atoms with Crippen molar-refractivity contribution in [3.8, 4) is 0 Å². The molecule has 0 N–H and O–H groups in total. The molecule has 1 aliphatic heterocycles. The van der Waals surface area contributed by atoms with Crippen LogP contribution in [0.5, 0.6) is 0 Å². The highest BCUT2D eigenvalue weighted by Crippen LogP contribution is 2.35. The van der Waals surface area contributed by atoms with Crippen LogP contribution >= 0.6 is 27.5 Å². The first-order chi connectivity index (χ1) is 13.2. The lowest BCUT2D eigenvalue weighted by Crippen LogP contribution is -2.58. The molecule has 1 aromatic heterocycles. The standard InChI is InChI=1S/C20H29BrClN3O4/c1-12-16(13-10-14(21)23-15(22)11-13)25(18(27)29-20(5,6)7)9-8-24(12)17(26)28-19(2,3)4/h10-12,16H,8-9H2,1-7H3/t12-,16+/m1/s1. The van der Waals surface area contributed by atoms with Crippen LogP contribution in [0, 0.1) is 0 Å². The molecule has 2 atom stereocenters. The van der Waals surface area contributed by atoms with Gasteiger partial charge in [0.2, 0.25) is 0 Å². The Labute approximate surface area is 185 Å². The molecule has 0 bridgehead atoms. The van der Waals surface area contributed by atoms with Crippen molar-refractivity contribution in [1.29, 1.82) is 0 Å². The summed E-state index contributed by atoms with van der Waals surface area (Å²) in [4.78, 5) is 33.1. The summed E-state index contributed by atoms with van der Waals surface area (Å²) in [7, 11) is 0. The van der Waals surface area contributed by atoms with E-state index >= 15 is 0 Å². The molecule has 9 heteroatoms. The van der Waals surface area contributed by atoms with E-state index in [1.54, 1.807) is 21.9 Å². The monoisotopic (exact) mass is 489 g/mol. The van der Waals surface area contributed by atoms with Gasteiger partial charge in [-0.25, -0.2) is 14.6 Å². The molecule has 0 aliphatic carbocycles. The minimum absolute atomic E-state index is 0.292. The van der Waals surface area contributed by atoms with E-state index in [2.05, 4.69) is 20.9 Å². The van der Waals surface area contributed by atoms with Gasteiger partial charge in [0, 0.05) is 13.1 Å². The van der Waals surface area contributed by atoms with Gasteiger partial charge in [-0.3, -0.25) is 4.90 Å². The number of pyridine rings is 1. The molecule has 162 valence electrons. The molecule has 2 rings (SSSR count). The van der Waals surface area contributed by atoms with E-state index in [1.807, 2.05) is 48.5 Å². The number of ether oxygens (including phenoxy) is 2. The van der Waals surface area contributed by atoms with Gasteiger partial charge in [-0.05, 0) is 82.1 Å². The van der Waals surface area contributed by atoms with Crippen LogP contribution in [0.2, 0.25) is 5.15 Å². The van der Waals surface area contributed by atoms with Gasteiger partial charge < -0.3 is 14.4 Å². The summed E-state index contributed by atoms with van der Waals surface area (Å²) >= 11 is 9.51. The van der Waals surface area contributed by atoms with Crippen molar-refractivity contribution in [2.75, 3.05) is 13.1 Å². The topological polar surface area (TPSA) is 72.0 Å². The Morgan fingerprint density at radius 2 is 1.52 bits per heavy atom. The average molecular weight is 491 g/mol. The Morgan fingerprint density at radius 1 is 1.03 bits per heavy atom. The molecule has 0 unspecified atom stereocenters. The third kappa shape index (κ3) is 6.47. The van der Waals surface area contributed by atoms with Crippen LogP contribution < -0.4 is 0 Å². The second-order valence-electron chi connectivity index (χ2n) is 9.08. The molecule has 2 amide bonds. The predicted octanol–water partition coefficient (Wildman–Crippen LogP) is 5.41. The van der Waals surface area contributed by atoms with Crippen molar-refractivity contribution in [2.24, 2.45) is 0 Å². The number of rotatable bonds is 1. The molecule has 1 aliphatic rings. The molecule has 1 aromatic rings. The van der Waals surface area contributed by atoms with Gasteiger partial charge >= 0.3 is 12.2 Å². The van der Waals surface area contributed by atoms with E-state index in [9.17, 15) is 9.59 Å². The maximum atomic E-state index is 12.9. The van der Waals surface area contributed by atoms with E-state index < -0.39 is 29.4 Å². The van der Waals surface area contributed by atoms with Crippen LogP contribution in [0.1, 0.15) is 60.1 Å². The molecule has 7 nitrogen and oxygen atoms in total. The average Bonchev–Trinajstić information content (AvgIpc) is 2.49. The van der Waals surface area contributed by atoms with Crippen molar-refractivity contribution in [2.45, 2.75) is 71.8 Å². The molecule has 1 saturated heterocycles. The lowest BCUT2D eigenvalue weighted by Gasteiger charge is -2.46. The molecule has 29 heavy (non-hydrogen) atoms. The highest BCUT2D eigenvalue weighted by atomic mass is 79.9. The predicted molar refractivity (Wildman–Crippen MR) is 115 cm³/mol. The maximum Gasteiger partial charge on any atom is 0.410 e. The third-order valence-electron chi connectivity index (χ3n) is 4.25. The highest BCUT2D eigenvalue weighted by molar-refractivity contribution is 9.10. The second-order valence-corrected chi connectivity index (χ2v) is 10.3. The first kappa shape index (κ1) is 23.7. The molecule has 0 aromatic carbocycles. The van der Waals surface area contributed by atoms with Gasteiger partial charge in [-0.2, -0.15) is 0 Å². The Kier molecular flexibility index (Phi) is 7.10. The zero-order valence-corrected chi connectivity index (χ0v) is 20.3. The van der Waals surface area contributed by atoms with Crippen molar-refractivity contribution >= 4 is 39.7 Å². The summed E-state index contributed by atoms with van der Waals surface area (Å²) in [6.45, 7) is 13.5. The lowest BCUT2D eigenvalue weighted by atomic mass is 9.96. The van der Waals surface area contributed by atoms with Gasteiger partial charge in [0.25, 0.3) is 0 Å². The van der Waals surface area contributed by atoms with Crippen LogP contribution in [0.15, 0.2) is 16.7 Å². The number of carbonyl (C=O) groups is 2. The summed E-state index contributed by atoms with van der Waals surface area (Å²) < 4.78 is 11.7. The van der Waals surface area contributed by atoms with E-state index in [-0.39, 0.29) is 6.04 Å². The van der Waals surface area contributed by atoms with E-state index in [0.717, 1.165) is 5.56 Å². The van der Waals surface area contributed by atoms with Crippen LogP contribution in [0.25, 0.3) is 0 Å². The van der Waals surface area contributed by atoms with Crippen molar-refractivity contribution in [3.63, 3.8) is 0 Å². The number of amides is 2. The molecule has 0 saturated carbocycles. The van der Waals surface area contributed by atoms with Gasteiger partial charge in [-0.15, -0.1) is 0 Å². The molecular weight excluding hydrogens is 462 g/mol. The molecule has 0 radical (unpaired) electrons.